The third-order valence-electron chi connectivity index (χ3n) is 2.32. The van der Waals surface area contributed by atoms with Crippen LogP contribution in [0, 0.1) is 15.9 Å². The molecule has 0 bridgehead atoms. The average Bonchev–Trinajstić information content (AvgIpc) is 2.81. The molecule has 0 N–H and O–H groups in total. The highest BCUT2D eigenvalue weighted by Gasteiger charge is 2.20. The number of nitro groups is 1. The van der Waals surface area contributed by atoms with Crippen LogP contribution in [0.4, 0.5) is 10.1 Å². The molecular weight excluding hydrogens is 241 g/mol. The molecule has 0 aliphatic rings. The minimum absolute atomic E-state index is 0.306. The predicted molar refractivity (Wildman–Crippen MR) is 60.5 cm³/mol. The Morgan fingerprint density at radius 3 is 2.78 bits per heavy atom. The van der Waals surface area contributed by atoms with E-state index in [9.17, 15) is 14.5 Å². The molecule has 2 rings (SSSR count). The lowest BCUT2D eigenvalue weighted by molar-refractivity contribution is -0.387. The van der Waals surface area contributed by atoms with E-state index in [0.717, 1.165) is 12.1 Å². The van der Waals surface area contributed by atoms with Gasteiger partial charge in [0.1, 0.15) is 6.33 Å². The van der Waals surface area contributed by atoms with Crippen LogP contribution < -0.4 is 0 Å². The van der Waals surface area contributed by atoms with Crippen LogP contribution in [0.1, 0.15) is 12.5 Å². The minimum Gasteiger partial charge on any atom is -0.258 e. The van der Waals surface area contributed by atoms with Gasteiger partial charge in [-0.25, -0.2) is 0 Å². The number of nitrogens with zero attached hydrogens (tertiary/aromatic N) is 5. The lowest BCUT2D eigenvalue weighted by Crippen LogP contribution is -2.03. The standard InChI is InChI=1S/C10H8FN5O2/c1-6(2)7-3-8(11)10(16(17)18)4-9(7)15-5-12-13-14-15/h3-5H,1H2,2H3. The van der Waals surface area contributed by atoms with Crippen molar-refractivity contribution in [2.45, 2.75) is 6.92 Å². The van der Waals surface area contributed by atoms with E-state index in [1.165, 1.54) is 11.0 Å². The maximum absolute atomic E-state index is 13.5. The van der Waals surface area contributed by atoms with Crippen molar-refractivity contribution in [3.05, 3.63) is 46.5 Å². The van der Waals surface area contributed by atoms with Gasteiger partial charge in [-0.05, 0) is 29.0 Å². The Bertz CT molecular complexity index is 623. The van der Waals surface area contributed by atoms with E-state index in [0.29, 0.717) is 16.8 Å². The van der Waals surface area contributed by atoms with Gasteiger partial charge in [0, 0.05) is 11.6 Å². The average molecular weight is 249 g/mol. The molecule has 0 radical (unpaired) electrons. The van der Waals surface area contributed by atoms with Crippen LogP contribution in [0.3, 0.4) is 0 Å². The van der Waals surface area contributed by atoms with Crippen LogP contribution in [0.2, 0.25) is 0 Å². The highest BCUT2D eigenvalue weighted by Crippen LogP contribution is 2.28. The molecule has 0 aliphatic heterocycles. The van der Waals surface area contributed by atoms with E-state index < -0.39 is 16.4 Å². The number of halogens is 1. The summed E-state index contributed by atoms with van der Waals surface area (Å²) in [5, 5.41) is 21.2. The van der Waals surface area contributed by atoms with Crippen LogP contribution in [-0.4, -0.2) is 25.1 Å². The first-order valence-corrected chi connectivity index (χ1v) is 4.88. The summed E-state index contributed by atoms with van der Waals surface area (Å²) >= 11 is 0. The number of hydrogen-bond donors (Lipinski definition) is 0. The predicted octanol–water partition coefficient (Wildman–Crippen LogP) is 1.74. The summed E-state index contributed by atoms with van der Waals surface area (Å²) in [4.78, 5) is 9.91. The van der Waals surface area contributed by atoms with Crippen molar-refractivity contribution in [1.82, 2.24) is 20.2 Å². The van der Waals surface area contributed by atoms with Gasteiger partial charge in [-0.15, -0.1) is 5.10 Å². The first-order valence-electron chi connectivity index (χ1n) is 4.88. The summed E-state index contributed by atoms with van der Waals surface area (Å²) in [7, 11) is 0. The quantitative estimate of drug-likeness (QED) is 0.610. The third-order valence-corrected chi connectivity index (χ3v) is 2.32. The van der Waals surface area contributed by atoms with E-state index >= 15 is 0 Å². The summed E-state index contributed by atoms with van der Waals surface area (Å²) in [6.07, 6.45) is 1.27. The number of rotatable bonds is 3. The number of tetrazole rings is 1. The Balaban J connectivity index is 2.72. The van der Waals surface area contributed by atoms with E-state index in [1.54, 1.807) is 6.92 Å². The normalized spacial score (nSPS) is 10.3. The smallest absolute Gasteiger partial charge is 0.258 e. The number of hydrogen-bond acceptors (Lipinski definition) is 5. The molecule has 0 aliphatic carbocycles. The topological polar surface area (TPSA) is 86.7 Å². The van der Waals surface area contributed by atoms with Crippen molar-refractivity contribution in [3.63, 3.8) is 0 Å². The van der Waals surface area contributed by atoms with Crippen molar-refractivity contribution in [3.8, 4) is 5.69 Å². The summed E-state index contributed by atoms with van der Waals surface area (Å²) in [6.45, 7) is 5.35. The Kier molecular flexibility index (Phi) is 2.84. The second-order valence-electron chi connectivity index (χ2n) is 3.61. The van der Waals surface area contributed by atoms with E-state index in [4.69, 9.17) is 0 Å². The first-order chi connectivity index (χ1) is 8.50. The summed E-state index contributed by atoms with van der Waals surface area (Å²) in [6, 6.07) is 2.13. The van der Waals surface area contributed by atoms with Crippen LogP contribution in [0.25, 0.3) is 11.3 Å². The molecule has 0 saturated heterocycles. The molecule has 0 saturated carbocycles. The van der Waals surface area contributed by atoms with Crippen molar-refractivity contribution in [1.29, 1.82) is 0 Å². The van der Waals surface area contributed by atoms with Crippen molar-refractivity contribution in [2.75, 3.05) is 0 Å². The van der Waals surface area contributed by atoms with Gasteiger partial charge in [0.2, 0.25) is 5.82 Å². The Morgan fingerprint density at radius 2 is 2.28 bits per heavy atom. The maximum atomic E-state index is 13.5. The van der Waals surface area contributed by atoms with E-state index in [2.05, 4.69) is 22.1 Å². The van der Waals surface area contributed by atoms with Gasteiger partial charge in [0.15, 0.2) is 0 Å². The SMILES string of the molecule is C=C(C)c1cc(F)c([N+](=O)[O-])cc1-n1cnnn1. The molecule has 1 heterocycles. The van der Waals surface area contributed by atoms with E-state index in [1.807, 2.05) is 0 Å². The number of allylic oxidation sites excluding steroid dienone is 1. The van der Waals surface area contributed by atoms with Crippen molar-refractivity contribution in [2.24, 2.45) is 0 Å². The fourth-order valence-electron chi connectivity index (χ4n) is 1.49. The first kappa shape index (κ1) is 11.8. The fourth-order valence-corrected chi connectivity index (χ4v) is 1.49. The maximum Gasteiger partial charge on any atom is 0.306 e. The van der Waals surface area contributed by atoms with E-state index in [-0.39, 0.29) is 0 Å². The molecule has 8 heteroatoms. The molecule has 2 aromatic rings. The summed E-state index contributed by atoms with van der Waals surface area (Å²) in [5.74, 6) is -0.921. The zero-order valence-electron chi connectivity index (χ0n) is 9.37. The van der Waals surface area contributed by atoms with Crippen LogP contribution in [0.5, 0.6) is 0 Å². The third kappa shape index (κ3) is 1.95. The van der Waals surface area contributed by atoms with Gasteiger partial charge in [-0.3, -0.25) is 10.1 Å². The van der Waals surface area contributed by atoms with Gasteiger partial charge in [-0.2, -0.15) is 9.07 Å². The van der Waals surface area contributed by atoms with Crippen molar-refractivity contribution >= 4 is 11.3 Å². The lowest BCUT2D eigenvalue weighted by Gasteiger charge is -2.08. The van der Waals surface area contributed by atoms with Crippen LogP contribution >= 0.6 is 0 Å². The highest BCUT2D eigenvalue weighted by atomic mass is 19.1. The van der Waals surface area contributed by atoms with Gasteiger partial charge < -0.3 is 0 Å². The van der Waals surface area contributed by atoms with Gasteiger partial charge >= 0.3 is 5.69 Å². The molecule has 92 valence electrons. The molecule has 0 atom stereocenters. The zero-order valence-corrected chi connectivity index (χ0v) is 9.37. The van der Waals surface area contributed by atoms with Crippen molar-refractivity contribution < 1.29 is 9.31 Å². The summed E-state index contributed by atoms with van der Waals surface area (Å²) < 4.78 is 14.8. The van der Waals surface area contributed by atoms with Gasteiger partial charge in [0.05, 0.1) is 10.6 Å². The second-order valence-corrected chi connectivity index (χ2v) is 3.61. The highest BCUT2D eigenvalue weighted by molar-refractivity contribution is 5.71. The lowest BCUT2D eigenvalue weighted by atomic mass is 10.1. The minimum atomic E-state index is -0.921. The van der Waals surface area contributed by atoms with Crippen LogP contribution in [0.15, 0.2) is 25.0 Å². The summed E-state index contributed by atoms with van der Waals surface area (Å²) in [5.41, 5.74) is 0.630. The number of benzene rings is 1. The largest absolute Gasteiger partial charge is 0.306 e. The molecule has 0 spiro atoms. The fraction of sp³-hybridized carbons (Fsp3) is 0.100. The number of nitro benzene ring substituents is 1. The molecule has 1 aromatic heterocycles. The molecule has 0 unspecified atom stereocenters. The van der Waals surface area contributed by atoms with Gasteiger partial charge in [0.25, 0.3) is 0 Å². The molecule has 7 nitrogen and oxygen atoms in total. The molecule has 0 amide bonds. The molecular formula is C10H8FN5O2. The Hall–Kier alpha value is -2.64. The Labute approximate surface area is 101 Å². The molecule has 18 heavy (non-hydrogen) atoms. The van der Waals surface area contributed by atoms with Crippen LogP contribution in [-0.2, 0) is 0 Å². The number of aromatic nitrogens is 4. The monoisotopic (exact) mass is 249 g/mol. The molecule has 0 fully saturated rings. The molecule has 1 aromatic carbocycles. The zero-order chi connectivity index (χ0) is 13.3. The second kappa shape index (κ2) is 4.32. The van der Waals surface area contributed by atoms with Gasteiger partial charge in [-0.1, -0.05) is 6.58 Å². The Morgan fingerprint density at radius 1 is 1.56 bits per heavy atom.